The van der Waals surface area contributed by atoms with Crippen molar-refractivity contribution in [2.24, 2.45) is 0 Å². The van der Waals surface area contributed by atoms with Gasteiger partial charge in [0, 0.05) is 12.8 Å². The van der Waals surface area contributed by atoms with Crippen LogP contribution in [0.1, 0.15) is 174 Å². The fraction of sp³-hybridized carbons (Fsp3) is 0.636. The second kappa shape index (κ2) is 38.6. The maximum Gasteiger partial charge on any atom is 0.306 e. The quantitative estimate of drug-likeness (QED) is 0.0422. The van der Waals surface area contributed by atoms with Gasteiger partial charge in [-0.3, -0.25) is 9.59 Å². The number of unbranched alkanes of at least 4 members (excludes halogenated alkanes) is 13. The molecule has 0 aliphatic rings. The van der Waals surface area contributed by atoms with Crippen molar-refractivity contribution in [3.8, 4) is 0 Å². The average Bonchev–Trinajstić information content (AvgIpc) is 3.07. The van der Waals surface area contributed by atoms with Crippen molar-refractivity contribution >= 4 is 11.9 Å². The molecule has 0 aromatic heterocycles. The van der Waals surface area contributed by atoms with Crippen LogP contribution in [-0.4, -0.2) is 23.1 Å². The smallest absolute Gasteiger partial charge is 0.306 e. The van der Waals surface area contributed by atoms with E-state index in [2.05, 4.69) is 92.8 Å². The first-order valence-corrected chi connectivity index (χ1v) is 19.6. The van der Waals surface area contributed by atoms with Crippen LogP contribution in [0.25, 0.3) is 0 Å². The van der Waals surface area contributed by atoms with Gasteiger partial charge in [-0.1, -0.05) is 157 Å². The van der Waals surface area contributed by atoms with Crippen molar-refractivity contribution in [1.82, 2.24) is 0 Å². The number of carboxylic acids is 1. The summed E-state index contributed by atoms with van der Waals surface area (Å²) in [5.74, 6) is -0.830. The first kappa shape index (κ1) is 45.1. The number of ether oxygens (including phenoxy) is 1. The van der Waals surface area contributed by atoms with Crippen LogP contribution >= 0.6 is 0 Å². The van der Waals surface area contributed by atoms with Crippen LogP contribution in [0.15, 0.2) is 85.1 Å². The van der Waals surface area contributed by atoms with Crippen LogP contribution in [0, 0.1) is 0 Å². The van der Waals surface area contributed by atoms with Gasteiger partial charge in [0.25, 0.3) is 0 Å². The highest BCUT2D eigenvalue weighted by Crippen LogP contribution is 2.15. The first-order valence-electron chi connectivity index (χ1n) is 19.6. The number of carbonyl (C=O) groups is 2. The Labute approximate surface area is 296 Å². The predicted molar refractivity (Wildman–Crippen MR) is 208 cm³/mol. The molecular formula is C44H72O4. The lowest BCUT2D eigenvalue weighted by molar-refractivity contribution is -0.147. The van der Waals surface area contributed by atoms with E-state index in [0.29, 0.717) is 12.8 Å². The maximum atomic E-state index is 12.6. The fourth-order valence-electron chi connectivity index (χ4n) is 5.28. The normalized spacial score (nSPS) is 13.2. The summed E-state index contributed by atoms with van der Waals surface area (Å²) in [7, 11) is 0. The van der Waals surface area contributed by atoms with Crippen molar-refractivity contribution in [2.45, 2.75) is 180 Å². The fourth-order valence-corrected chi connectivity index (χ4v) is 5.28. The molecule has 0 fully saturated rings. The SMILES string of the molecule is CC/C=C\C/C=C\C/C=C\C/C=C\CCCCCCCCCCCCC(=O)OC(/C=C\C/C=C\C/C=C\CC)CCCCCCC(=O)O. The zero-order chi connectivity index (χ0) is 35.0. The largest absolute Gasteiger partial charge is 0.481 e. The van der Waals surface area contributed by atoms with E-state index >= 15 is 0 Å². The lowest BCUT2D eigenvalue weighted by atomic mass is 10.0. The van der Waals surface area contributed by atoms with Gasteiger partial charge in [-0.05, 0) is 89.5 Å². The zero-order valence-corrected chi connectivity index (χ0v) is 31.0. The van der Waals surface area contributed by atoms with Gasteiger partial charge in [-0.15, -0.1) is 0 Å². The third-order valence-corrected chi connectivity index (χ3v) is 8.10. The molecule has 0 saturated carbocycles. The lowest BCUT2D eigenvalue weighted by Gasteiger charge is -2.14. The summed E-state index contributed by atoms with van der Waals surface area (Å²) in [6, 6.07) is 0. The molecule has 4 nitrogen and oxygen atoms in total. The van der Waals surface area contributed by atoms with E-state index < -0.39 is 5.97 Å². The average molecular weight is 665 g/mol. The van der Waals surface area contributed by atoms with Gasteiger partial charge in [-0.25, -0.2) is 0 Å². The minimum absolute atomic E-state index is 0.0963. The van der Waals surface area contributed by atoms with E-state index in [1.54, 1.807) is 0 Å². The molecule has 0 bridgehead atoms. The molecule has 1 unspecified atom stereocenters. The molecule has 0 amide bonds. The molecule has 1 N–H and O–H groups in total. The molecule has 0 rings (SSSR count). The molecule has 0 aromatic rings. The second-order valence-corrected chi connectivity index (χ2v) is 12.7. The summed E-state index contributed by atoms with van der Waals surface area (Å²) in [6.45, 7) is 4.30. The summed E-state index contributed by atoms with van der Waals surface area (Å²) in [4.78, 5) is 23.3. The van der Waals surface area contributed by atoms with Crippen LogP contribution in [0.3, 0.4) is 0 Å². The van der Waals surface area contributed by atoms with E-state index in [1.165, 1.54) is 57.8 Å². The highest BCUT2D eigenvalue weighted by atomic mass is 16.5. The monoisotopic (exact) mass is 665 g/mol. The van der Waals surface area contributed by atoms with Crippen LogP contribution in [0.4, 0.5) is 0 Å². The summed E-state index contributed by atoms with van der Waals surface area (Å²) in [6.07, 6.45) is 56.3. The number of rotatable bonds is 34. The summed E-state index contributed by atoms with van der Waals surface area (Å²) < 4.78 is 5.84. The minimum Gasteiger partial charge on any atom is -0.481 e. The Balaban J connectivity index is 3.92. The van der Waals surface area contributed by atoms with E-state index in [0.717, 1.165) is 83.5 Å². The molecular weight excluding hydrogens is 592 g/mol. The van der Waals surface area contributed by atoms with Gasteiger partial charge >= 0.3 is 11.9 Å². The Kier molecular flexibility index (Phi) is 36.3. The van der Waals surface area contributed by atoms with E-state index in [9.17, 15) is 9.59 Å². The van der Waals surface area contributed by atoms with Crippen molar-refractivity contribution in [2.75, 3.05) is 0 Å². The van der Waals surface area contributed by atoms with E-state index in [1.807, 2.05) is 6.08 Å². The summed E-state index contributed by atoms with van der Waals surface area (Å²) in [5.41, 5.74) is 0. The molecule has 4 heteroatoms. The molecule has 0 radical (unpaired) electrons. The van der Waals surface area contributed by atoms with Gasteiger partial charge < -0.3 is 9.84 Å². The van der Waals surface area contributed by atoms with Crippen molar-refractivity contribution in [3.05, 3.63) is 85.1 Å². The number of carboxylic acid groups (broad SMARTS) is 1. The first-order chi connectivity index (χ1) is 23.6. The molecule has 272 valence electrons. The third kappa shape index (κ3) is 37.6. The summed E-state index contributed by atoms with van der Waals surface area (Å²) >= 11 is 0. The van der Waals surface area contributed by atoms with E-state index in [-0.39, 0.29) is 18.5 Å². The second-order valence-electron chi connectivity index (χ2n) is 12.7. The number of hydrogen-bond donors (Lipinski definition) is 1. The van der Waals surface area contributed by atoms with Gasteiger partial charge in [0.05, 0.1) is 0 Å². The summed E-state index contributed by atoms with van der Waals surface area (Å²) in [5, 5.41) is 8.82. The molecule has 0 aliphatic carbocycles. The number of allylic oxidation sites excluding steroid dienone is 13. The van der Waals surface area contributed by atoms with Crippen molar-refractivity contribution in [1.29, 1.82) is 0 Å². The predicted octanol–water partition coefficient (Wildman–Crippen LogP) is 13.7. The van der Waals surface area contributed by atoms with E-state index in [4.69, 9.17) is 9.84 Å². The van der Waals surface area contributed by atoms with Gasteiger partial charge in [0.15, 0.2) is 0 Å². The number of hydrogen-bond acceptors (Lipinski definition) is 3. The maximum absolute atomic E-state index is 12.6. The van der Waals surface area contributed by atoms with Crippen LogP contribution < -0.4 is 0 Å². The Morgan fingerprint density at radius 2 is 0.875 bits per heavy atom. The zero-order valence-electron chi connectivity index (χ0n) is 31.0. The van der Waals surface area contributed by atoms with Gasteiger partial charge in [0.1, 0.15) is 6.10 Å². The van der Waals surface area contributed by atoms with Crippen LogP contribution in [0.5, 0.6) is 0 Å². The molecule has 1 atom stereocenters. The molecule has 0 spiro atoms. The molecule has 48 heavy (non-hydrogen) atoms. The van der Waals surface area contributed by atoms with Gasteiger partial charge in [-0.2, -0.15) is 0 Å². The van der Waals surface area contributed by atoms with Crippen molar-refractivity contribution in [3.63, 3.8) is 0 Å². The Bertz CT molecular complexity index is 934. The highest BCUT2D eigenvalue weighted by molar-refractivity contribution is 5.69. The lowest BCUT2D eigenvalue weighted by Crippen LogP contribution is -2.16. The molecule has 0 aliphatic heterocycles. The molecule has 0 saturated heterocycles. The van der Waals surface area contributed by atoms with Crippen molar-refractivity contribution < 1.29 is 19.4 Å². The third-order valence-electron chi connectivity index (χ3n) is 8.10. The topological polar surface area (TPSA) is 63.6 Å². The Morgan fingerprint density at radius 3 is 1.38 bits per heavy atom. The Morgan fingerprint density at radius 1 is 0.479 bits per heavy atom. The number of carbonyl (C=O) groups excluding carboxylic acids is 1. The van der Waals surface area contributed by atoms with Crippen LogP contribution in [-0.2, 0) is 14.3 Å². The highest BCUT2D eigenvalue weighted by Gasteiger charge is 2.11. The van der Waals surface area contributed by atoms with Crippen LogP contribution in [0.2, 0.25) is 0 Å². The Hall–Kier alpha value is -2.88. The standard InChI is InChI=1S/C44H72O4/c1-3-5-7-9-11-13-14-15-16-17-18-19-20-21-22-23-24-25-26-27-29-31-37-41-44(47)48-42(39-35-32-33-36-40-43(45)46)38-34-30-28-12-10-8-6-4-2/h5-8,11-13,15-16,18-19,28,34,38,42H,3-4,9-10,14,17,20-27,29-33,35-37,39-41H2,1-2H3,(H,45,46)/b7-5-,8-6-,13-11-,16-15-,19-18-,28-12-,38-34-. The molecule has 0 heterocycles. The minimum atomic E-state index is -0.734. The van der Waals surface area contributed by atoms with Gasteiger partial charge in [0.2, 0.25) is 0 Å². The number of aliphatic carboxylic acids is 1. The molecule has 0 aromatic carbocycles. The number of esters is 1.